The summed E-state index contributed by atoms with van der Waals surface area (Å²) in [5.41, 5.74) is 5.95. The van der Waals surface area contributed by atoms with Crippen LogP contribution in [0.15, 0.2) is 48.5 Å². The predicted octanol–water partition coefficient (Wildman–Crippen LogP) is 4.41. The first-order chi connectivity index (χ1) is 10.1. The molecule has 1 N–H and O–H groups in total. The highest BCUT2D eigenvalue weighted by Gasteiger charge is 2.31. The van der Waals surface area contributed by atoms with E-state index in [4.69, 9.17) is 0 Å². The standard InChI is InChI=1S/C20H25N/c1-20(2,18-10-5-4-6-11-18)19(21-3)17-13-12-15-8-7-9-16(15)14-17/h4-6,10-14,19,21H,7-9H2,1-3H3. The molecule has 1 aliphatic rings. The van der Waals surface area contributed by atoms with E-state index in [1.54, 1.807) is 11.1 Å². The van der Waals surface area contributed by atoms with Gasteiger partial charge in [-0.25, -0.2) is 0 Å². The van der Waals surface area contributed by atoms with E-state index < -0.39 is 0 Å². The number of hydrogen-bond acceptors (Lipinski definition) is 1. The zero-order chi connectivity index (χ0) is 14.9. The van der Waals surface area contributed by atoms with Gasteiger partial charge in [0.2, 0.25) is 0 Å². The number of aryl methyl sites for hydroxylation is 2. The van der Waals surface area contributed by atoms with Gasteiger partial charge < -0.3 is 5.32 Å². The monoisotopic (exact) mass is 279 g/mol. The highest BCUT2D eigenvalue weighted by atomic mass is 14.9. The van der Waals surface area contributed by atoms with Crippen molar-refractivity contribution in [3.63, 3.8) is 0 Å². The normalized spacial score (nSPS) is 15.8. The minimum atomic E-state index is 0.0584. The minimum Gasteiger partial charge on any atom is -0.312 e. The van der Waals surface area contributed by atoms with Gasteiger partial charge in [-0.05, 0) is 48.6 Å². The van der Waals surface area contributed by atoms with Crippen LogP contribution in [-0.2, 0) is 18.3 Å². The van der Waals surface area contributed by atoms with Gasteiger partial charge in [0.05, 0.1) is 0 Å². The highest BCUT2D eigenvalue weighted by Crippen LogP contribution is 2.38. The number of nitrogens with one attached hydrogen (secondary N) is 1. The van der Waals surface area contributed by atoms with Crippen molar-refractivity contribution in [3.8, 4) is 0 Å². The first kappa shape index (κ1) is 14.3. The lowest BCUT2D eigenvalue weighted by molar-refractivity contribution is 0.368. The average molecular weight is 279 g/mol. The second-order valence-corrected chi connectivity index (χ2v) is 6.69. The number of benzene rings is 2. The van der Waals surface area contributed by atoms with E-state index in [0.29, 0.717) is 6.04 Å². The van der Waals surface area contributed by atoms with Crippen molar-refractivity contribution in [2.75, 3.05) is 7.05 Å². The van der Waals surface area contributed by atoms with Crippen molar-refractivity contribution in [1.82, 2.24) is 5.32 Å². The molecule has 1 heteroatoms. The van der Waals surface area contributed by atoms with Crippen LogP contribution < -0.4 is 5.32 Å². The maximum absolute atomic E-state index is 3.55. The first-order valence-corrected chi connectivity index (χ1v) is 7.97. The lowest BCUT2D eigenvalue weighted by Crippen LogP contribution is -2.35. The van der Waals surface area contributed by atoms with Crippen molar-refractivity contribution in [1.29, 1.82) is 0 Å². The van der Waals surface area contributed by atoms with Crippen LogP contribution in [-0.4, -0.2) is 7.05 Å². The van der Waals surface area contributed by atoms with Gasteiger partial charge in [0.15, 0.2) is 0 Å². The van der Waals surface area contributed by atoms with Crippen LogP contribution in [0.4, 0.5) is 0 Å². The number of likely N-dealkylation sites (N-methyl/N-ethyl adjacent to an activating group) is 1. The fraction of sp³-hybridized carbons (Fsp3) is 0.400. The van der Waals surface area contributed by atoms with Crippen molar-refractivity contribution >= 4 is 0 Å². The molecule has 110 valence electrons. The second-order valence-electron chi connectivity index (χ2n) is 6.69. The molecule has 0 saturated heterocycles. The molecule has 0 spiro atoms. The first-order valence-electron chi connectivity index (χ1n) is 7.97. The summed E-state index contributed by atoms with van der Waals surface area (Å²) in [6, 6.07) is 18.2. The number of rotatable bonds is 4. The summed E-state index contributed by atoms with van der Waals surface area (Å²) >= 11 is 0. The smallest absolute Gasteiger partial charge is 0.0410 e. The average Bonchev–Trinajstić information content (AvgIpc) is 2.96. The van der Waals surface area contributed by atoms with E-state index in [-0.39, 0.29) is 5.41 Å². The van der Waals surface area contributed by atoms with E-state index in [1.807, 2.05) is 0 Å². The molecule has 21 heavy (non-hydrogen) atoms. The molecular formula is C20H25N. The molecule has 0 heterocycles. The Kier molecular flexibility index (Phi) is 3.86. The predicted molar refractivity (Wildman–Crippen MR) is 89.7 cm³/mol. The zero-order valence-electron chi connectivity index (χ0n) is 13.3. The van der Waals surface area contributed by atoms with Gasteiger partial charge in [0, 0.05) is 11.5 Å². The third kappa shape index (κ3) is 2.63. The summed E-state index contributed by atoms with van der Waals surface area (Å²) < 4.78 is 0. The SMILES string of the molecule is CNC(c1ccc2c(c1)CCC2)C(C)(C)c1ccccc1. The summed E-state index contributed by atoms with van der Waals surface area (Å²) in [6.45, 7) is 4.66. The molecule has 3 rings (SSSR count). The van der Waals surface area contributed by atoms with Crippen molar-refractivity contribution in [2.45, 2.75) is 44.6 Å². The maximum Gasteiger partial charge on any atom is 0.0410 e. The Morgan fingerprint density at radius 2 is 1.67 bits per heavy atom. The molecule has 0 radical (unpaired) electrons. The van der Waals surface area contributed by atoms with Gasteiger partial charge in [-0.2, -0.15) is 0 Å². The third-order valence-electron chi connectivity index (χ3n) is 4.98. The molecule has 0 aliphatic heterocycles. The van der Waals surface area contributed by atoms with E-state index in [0.717, 1.165) is 0 Å². The largest absolute Gasteiger partial charge is 0.312 e. The molecule has 2 aromatic carbocycles. The Bertz CT molecular complexity index is 613. The van der Waals surface area contributed by atoms with Crippen LogP contribution in [0, 0.1) is 0 Å². The fourth-order valence-corrected chi connectivity index (χ4v) is 3.75. The lowest BCUT2D eigenvalue weighted by atomic mass is 9.74. The Hall–Kier alpha value is -1.60. The maximum atomic E-state index is 3.55. The van der Waals surface area contributed by atoms with Gasteiger partial charge in [0.25, 0.3) is 0 Å². The van der Waals surface area contributed by atoms with E-state index in [9.17, 15) is 0 Å². The fourth-order valence-electron chi connectivity index (χ4n) is 3.75. The molecule has 0 saturated carbocycles. The summed E-state index contributed by atoms with van der Waals surface area (Å²) in [6.07, 6.45) is 3.80. The molecule has 1 unspecified atom stereocenters. The Balaban J connectivity index is 1.98. The summed E-state index contributed by atoms with van der Waals surface area (Å²) in [5.74, 6) is 0. The molecule has 1 atom stereocenters. The molecule has 1 aliphatic carbocycles. The molecule has 0 bridgehead atoms. The number of hydrogen-bond donors (Lipinski definition) is 1. The van der Waals surface area contributed by atoms with E-state index in [1.165, 1.54) is 30.4 Å². The summed E-state index contributed by atoms with van der Waals surface area (Å²) in [4.78, 5) is 0. The molecule has 0 fully saturated rings. The minimum absolute atomic E-state index is 0.0584. The highest BCUT2D eigenvalue weighted by molar-refractivity contribution is 5.39. The lowest BCUT2D eigenvalue weighted by Gasteiger charge is -2.35. The van der Waals surface area contributed by atoms with E-state index in [2.05, 4.69) is 74.7 Å². The summed E-state index contributed by atoms with van der Waals surface area (Å²) in [7, 11) is 2.07. The van der Waals surface area contributed by atoms with Gasteiger partial charge in [-0.3, -0.25) is 0 Å². The van der Waals surface area contributed by atoms with Gasteiger partial charge in [0.1, 0.15) is 0 Å². The third-order valence-corrected chi connectivity index (χ3v) is 4.98. The quantitative estimate of drug-likeness (QED) is 0.874. The van der Waals surface area contributed by atoms with Crippen molar-refractivity contribution < 1.29 is 0 Å². The van der Waals surface area contributed by atoms with Crippen LogP contribution in [0.25, 0.3) is 0 Å². The second kappa shape index (κ2) is 5.65. The Morgan fingerprint density at radius 1 is 0.952 bits per heavy atom. The van der Waals surface area contributed by atoms with Gasteiger partial charge in [-0.1, -0.05) is 62.4 Å². The Labute approximate surface area is 128 Å². The van der Waals surface area contributed by atoms with Crippen LogP contribution in [0.1, 0.15) is 48.6 Å². The molecule has 0 amide bonds. The number of fused-ring (bicyclic) bond motifs is 1. The van der Waals surface area contributed by atoms with Crippen molar-refractivity contribution in [3.05, 3.63) is 70.8 Å². The van der Waals surface area contributed by atoms with Crippen LogP contribution in [0.3, 0.4) is 0 Å². The Morgan fingerprint density at radius 3 is 2.38 bits per heavy atom. The molecule has 1 nitrogen and oxygen atoms in total. The van der Waals surface area contributed by atoms with Crippen LogP contribution in [0.2, 0.25) is 0 Å². The molecule has 0 aromatic heterocycles. The molecule has 2 aromatic rings. The van der Waals surface area contributed by atoms with Crippen LogP contribution >= 0.6 is 0 Å². The topological polar surface area (TPSA) is 12.0 Å². The van der Waals surface area contributed by atoms with Crippen LogP contribution in [0.5, 0.6) is 0 Å². The summed E-state index contributed by atoms with van der Waals surface area (Å²) in [5, 5.41) is 3.55. The van der Waals surface area contributed by atoms with Crippen molar-refractivity contribution in [2.24, 2.45) is 0 Å². The van der Waals surface area contributed by atoms with Gasteiger partial charge in [-0.15, -0.1) is 0 Å². The molecular weight excluding hydrogens is 254 g/mol. The van der Waals surface area contributed by atoms with Gasteiger partial charge >= 0.3 is 0 Å². The zero-order valence-corrected chi connectivity index (χ0v) is 13.3. The van der Waals surface area contributed by atoms with E-state index >= 15 is 0 Å².